The molecule has 0 saturated carbocycles. The fourth-order valence-electron chi connectivity index (χ4n) is 3.40. The monoisotopic (exact) mass is 362 g/mol. The Balaban J connectivity index is 1.78. The van der Waals surface area contributed by atoms with Crippen LogP contribution in [-0.2, 0) is 6.18 Å². The number of halogens is 4. The highest BCUT2D eigenvalue weighted by Crippen LogP contribution is 2.37. The molecule has 2 aliphatic heterocycles. The molecule has 6 heteroatoms. The smallest absolute Gasteiger partial charge is 0.370 e. The first-order chi connectivity index (χ1) is 9.95. The van der Waals surface area contributed by atoms with E-state index in [0.717, 1.165) is 31.7 Å². The van der Waals surface area contributed by atoms with Crippen molar-refractivity contribution in [3.8, 4) is 0 Å². The van der Waals surface area contributed by atoms with Crippen molar-refractivity contribution in [2.45, 2.75) is 31.5 Å². The predicted octanol–water partition coefficient (Wildman–Crippen LogP) is 4.05. The van der Waals surface area contributed by atoms with Gasteiger partial charge in [0.25, 0.3) is 0 Å². The number of nitrogens with one attached hydrogen (secondary N) is 1. The van der Waals surface area contributed by atoms with Crippen LogP contribution >= 0.6 is 15.9 Å². The lowest BCUT2D eigenvalue weighted by Gasteiger charge is -2.43. The number of piperidine rings is 2. The summed E-state index contributed by atoms with van der Waals surface area (Å²) in [5, 5.41) is 3.55. The average molecular weight is 363 g/mol. The van der Waals surface area contributed by atoms with E-state index in [4.69, 9.17) is 0 Å². The van der Waals surface area contributed by atoms with E-state index < -0.39 is 11.7 Å². The summed E-state index contributed by atoms with van der Waals surface area (Å²) < 4.78 is 38.7. The van der Waals surface area contributed by atoms with Crippen LogP contribution in [0.2, 0.25) is 0 Å². The highest BCUT2D eigenvalue weighted by Gasteiger charge is 2.33. The summed E-state index contributed by atoms with van der Waals surface area (Å²) in [6.07, 6.45) is -0.852. The Hall–Kier alpha value is -0.750. The molecular formula is C15H18BrF3N2. The maximum Gasteiger partial charge on any atom is 0.416 e. The Morgan fingerprint density at radius 1 is 1.24 bits per heavy atom. The van der Waals surface area contributed by atoms with Crippen LogP contribution in [0.25, 0.3) is 0 Å². The minimum atomic E-state index is -4.29. The van der Waals surface area contributed by atoms with Gasteiger partial charge in [-0.05, 0) is 65.9 Å². The molecule has 2 aliphatic rings. The molecule has 2 fully saturated rings. The van der Waals surface area contributed by atoms with Crippen LogP contribution in [-0.4, -0.2) is 25.7 Å². The average Bonchev–Trinajstić information content (AvgIpc) is 2.45. The lowest BCUT2D eigenvalue weighted by molar-refractivity contribution is -0.137. The molecule has 0 spiro atoms. The molecule has 2 atom stereocenters. The van der Waals surface area contributed by atoms with Gasteiger partial charge in [0.15, 0.2) is 0 Å². The summed E-state index contributed by atoms with van der Waals surface area (Å²) in [5.41, 5.74) is 0.263. The van der Waals surface area contributed by atoms with E-state index in [-0.39, 0.29) is 0 Å². The Morgan fingerprint density at radius 3 is 2.76 bits per heavy atom. The van der Waals surface area contributed by atoms with Crippen molar-refractivity contribution in [1.29, 1.82) is 0 Å². The van der Waals surface area contributed by atoms with Crippen LogP contribution in [0, 0.1) is 5.92 Å². The first-order valence-electron chi connectivity index (χ1n) is 7.30. The summed E-state index contributed by atoms with van der Waals surface area (Å²) in [5.74, 6) is 0.599. The summed E-state index contributed by atoms with van der Waals surface area (Å²) in [6.45, 7) is 2.89. The molecule has 2 saturated heterocycles. The zero-order valence-corrected chi connectivity index (χ0v) is 13.2. The fraction of sp³-hybridized carbons (Fsp3) is 0.600. The van der Waals surface area contributed by atoms with E-state index in [2.05, 4.69) is 26.1 Å². The molecule has 2 unspecified atom stereocenters. The maximum atomic E-state index is 12.7. The van der Waals surface area contributed by atoms with Gasteiger partial charge in [0.1, 0.15) is 0 Å². The van der Waals surface area contributed by atoms with Gasteiger partial charge in [-0.3, -0.25) is 0 Å². The number of hydrogen-bond acceptors (Lipinski definition) is 2. The van der Waals surface area contributed by atoms with Gasteiger partial charge in [-0.2, -0.15) is 13.2 Å². The Kier molecular flexibility index (Phi) is 4.19. The van der Waals surface area contributed by atoms with E-state index >= 15 is 0 Å². The molecule has 116 valence electrons. The topological polar surface area (TPSA) is 15.3 Å². The fourth-order valence-corrected chi connectivity index (χ4v) is 4.03. The van der Waals surface area contributed by atoms with Crippen molar-refractivity contribution in [2.24, 2.45) is 5.92 Å². The molecule has 0 amide bonds. The molecule has 2 heterocycles. The van der Waals surface area contributed by atoms with Gasteiger partial charge in [-0.15, -0.1) is 0 Å². The third kappa shape index (κ3) is 3.21. The van der Waals surface area contributed by atoms with Crippen molar-refractivity contribution >= 4 is 21.6 Å². The first kappa shape index (κ1) is 15.2. The van der Waals surface area contributed by atoms with Crippen molar-refractivity contribution in [3.63, 3.8) is 0 Å². The molecule has 2 nitrogen and oxygen atoms in total. The molecule has 3 rings (SSSR count). The molecule has 1 aromatic carbocycles. The molecular weight excluding hydrogens is 345 g/mol. The van der Waals surface area contributed by atoms with Gasteiger partial charge in [0.2, 0.25) is 0 Å². The van der Waals surface area contributed by atoms with Gasteiger partial charge in [-0.1, -0.05) is 0 Å². The third-order valence-electron chi connectivity index (χ3n) is 4.51. The van der Waals surface area contributed by atoms with E-state index in [0.29, 0.717) is 16.4 Å². The Bertz CT molecular complexity index is 518. The highest BCUT2D eigenvalue weighted by atomic mass is 79.9. The SMILES string of the molecule is FC(F)(F)c1ccc(N2CCC3NCCCC3C2)c(Br)c1. The van der Waals surface area contributed by atoms with Gasteiger partial charge in [0.05, 0.1) is 11.3 Å². The van der Waals surface area contributed by atoms with Crippen LogP contribution < -0.4 is 10.2 Å². The van der Waals surface area contributed by atoms with Crippen LogP contribution in [0.3, 0.4) is 0 Å². The molecule has 21 heavy (non-hydrogen) atoms. The maximum absolute atomic E-state index is 12.7. The van der Waals surface area contributed by atoms with Crippen molar-refractivity contribution in [3.05, 3.63) is 28.2 Å². The normalized spacial score (nSPS) is 26.6. The number of anilines is 1. The van der Waals surface area contributed by atoms with Gasteiger partial charge >= 0.3 is 6.18 Å². The number of hydrogen-bond donors (Lipinski definition) is 1. The lowest BCUT2D eigenvalue weighted by Crippen LogP contribution is -2.52. The van der Waals surface area contributed by atoms with Crippen molar-refractivity contribution in [2.75, 3.05) is 24.5 Å². The highest BCUT2D eigenvalue weighted by molar-refractivity contribution is 9.10. The number of nitrogens with zero attached hydrogens (tertiary/aromatic N) is 1. The Labute approximate surface area is 130 Å². The summed E-state index contributed by atoms with van der Waals surface area (Å²) in [4.78, 5) is 2.21. The number of rotatable bonds is 1. The zero-order valence-electron chi connectivity index (χ0n) is 11.6. The standard InChI is InChI=1S/C15H18BrF3N2/c16-12-8-11(15(17,18)19)3-4-14(12)21-7-5-13-10(9-21)2-1-6-20-13/h3-4,8,10,13,20H,1-2,5-7,9H2. The molecule has 1 N–H and O–H groups in total. The summed E-state index contributed by atoms with van der Waals surface area (Å²) in [6, 6.07) is 4.51. The minimum Gasteiger partial charge on any atom is -0.370 e. The Morgan fingerprint density at radius 2 is 2.05 bits per heavy atom. The summed E-state index contributed by atoms with van der Waals surface area (Å²) >= 11 is 3.31. The van der Waals surface area contributed by atoms with E-state index in [9.17, 15) is 13.2 Å². The second-order valence-electron chi connectivity index (χ2n) is 5.86. The largest absolute Gasteiger partial charge is 0.416 e. The zero-order chi connectivity index (χ0) is 15.0. The lowest BCUT2D eigenvalue weighted by atomic mass is 9.85. The number of alkyl halides is 3. The van der Waals surface area contributed by atoms with E-state index in [1.54, 1.807) is 6.07 Å². The van der Waals surface area contributed by atoms with Gasteiger partial charge in [-0.25, -0.2) is 0 Å². The van der Waals surface area contributed by atoms with Gasteiger partial charge < -0.3 is 10.2 Å². The second-order valence-corrected chi connectivity index (χ2v) is 6.72. The third-order valence-corrected chi connectivity index (χ3v) is 5.14. The van der Waals surface area contributed by atoms with Crippen LogP contribution in [0.15, 0.2) is 22.7 Å². The summed E-state index contributed by atoms with van der Waals surface area (Å²) in [7, 11) is 0. The number of fused-ring (bicyclic) bond motifs is 1. The molecule has 0 radical (unpaired) electrons. The van der Waals surface area contributed by atoms with Crippen molar-refractivity contribution < 1.29 is 13.2 Å². The molecule has 0 aromatic heterocycles. The van der Waals surface area contributed by atoms with Crippen LogP contribution in [0.5, 0.6) is 0 Å². The van der Waals surface area contributed by atoms with E-state index in [1.165, 1.54) is 25.0 Å². The minimum absolute atomic E-state index is 0.527. The van der Waals surface area contributed by atoms with Crippen LogP contribution in [0.1, 0.15) is 24.8 Å². The molecule has 1 aromatic rings. The quantitative estimate of drug-likeness (QED) is 0.810. The molecule has 0 bridgehead atoms. The van der Waals surface area contributed by atoms with Gasteiger partial charge in [0, 0.05) is 23.6 Å². The van der Waals surface area contributed by atoms with Crippen molar-refractivity contribution in [1.82, 2.24) is 5.32 Å². The second kappa shape index (κ2) is 5.80. The number of benzene rings is 1. The van der Waals surface area contributed by atoms with Crippen LogP contribution in [0.4, 0.5) is 18.9 Å². The predicted molar refractivity (Wildman–Crippen MR) is 80.5 cm³/mol. The first-order valence-corrected chi connectivity index (χ1v) is 8.09. The molecule has 0 aliphatic carbocycles. The van der Waals surface area contributed by atoms with E-state index in [1.807, 2.05) is 0 Å².